The maximum absolute atomic E-state index is 6.15. The van der Waals surface area contributed by atoms with Gasteiger partial charge in [0.25, 0.3) is 0 Å². The van der Waals surface area contributed by atoms with E-state index in [0.29, 0.717) is 11.1 Å². The molecular weight excluding hydrogens is 222 g/mol. The van der Waals surface area contributed by atoms with Crippen LogP contribution in [0.4, 0.5) is 0 Å². The monoisotopic (exact) mass is 239 g/mol. The summed E-state index contributed by atoms with van der Waals surface area (Å²) in [5.74, 6) is 0.826. The molecule has 0 heterocycles. The predicted octanol–water partition coefficient (Wildman–Crippen LogP) is 3.38. The highest BCUT2D eigenvalue weighted by Crippen LogP contribution is 2.30. The van der Waals surface area contributed by atoms with E-state index in [0.717, 1.165) is 17.9 Å². The first kappa shape index (κ1) is 11.7. The van der Waals surface area contributed by atoms with E-state index in [1.807, 2.05) is 26.0 Å². The number of nitrogens with one attached hydrogen (secondary N) is 1. The molecule has 2 rings (SSSR count). The lowest BCUT2D eigenvalue weighted by atomic mass is 10.2. The Kier molecular flexibility index (Phi) is 3.72. The van der Waals surface area contributed by atoms with Gasteiger partial charge in [0.2, 0.25) is 0 Å². The largest absolute Gasteiger partial charge is 0.489 e. The Hall–Kier alpha value is -0.730. The number of benzene rings is 1. The molecule has 1 aliphatic rings. The molecular formula is C13H18ClNO. The van der Waals surface area contributed by atoms with Crippen LogP contribution >= 0.6 is 11.6 Å². The van der Waals surface area contributed by atoms with Crippen molar-refractivity contribution in [1.82, 2.24) is 5.32 Å². The lowest BCUT2D eigenvalue weighted by molar-refractivity contribution is 0.239. The fourth-order valence-electron chi connectivity index (χ4n) is 1.60. The van der Waals surface area contributed by atoms with Crippen LogP contribution in [-0.2, 0) is 6.54 Å². The Morgan fingerprint density at radius 3 is 2.81 bits per heavy atom. The summed E-state index contributed by atoms with van der Waals surface area (Å²) in [5, 5.41) is 4.17. The molecule has 1 fully saturated rings. The Morgan fingerprint density at radius 2 is 2.19 bits per heavy atom. The summed E-state index contributed by atoms with van der Waals surface area (Å²) in [4.78, 5) is 0. The van der Waals surface area contributed by atoms with Gasteiger partial charge in [-0.2, -0.15) is 0 Å². The third-order valence-corrected chi connectivity index (χ3v) is 2.86. The number of rotatable bonds is 5. The first-order chi connectivity index (χ1) is 7.66. The summed E-state index contributed by atoms with van der Waals surface area (Å²) in [7, 11) is 0. The van der Waals surface area contributed by atoms with Gasteiger partial charge >= 0.3 is 0 Å². The van der Waals surface area contributed by atoms with Gasteiger partial charge < -0.3 is 10.1 Å². The summed E-state index contributed by atoms with van der Waals surface area (Å²) in [6.07, 6.45) is 2.74. The number of hydrogen-bond donors (Lipinski definition) is 1. The lowest BCUT2D eigenvalue weighted by Gasteiger charge is -2.16. The van der Waals surface area contributed by atoms with Crippen LogP contribution < -0.4 is 10.1 Å². The molecule has 0 unspecified atom stereocenters. The van der Waals surface area contributed by atoms with E-state index >= 15 is 0 Å². The average Bonchev–Trinajstić information content (AvgIpc) is 3.02. The molecule has 0 saturated heterocycles. The van der Waals surface area contributed by atoms with Crippen molar-refractivity contribution in [3.05, 3.63) is 28.8 Å². The minimum Gasteiger partial charge on any atom is -0.489 e. The van der Waals surface area contributed by atoms with Crippen molar-refractivity contribution >= 4 is 11.6 Å². The second kappa shape index (κ2) is 5.07. The molecule has 1 aromatic carbocycles. The zero-order valence-electron chi connectivity index (χ0n) is 9.79. The van der Waals surface area contributed by atoms with E-state index < -0.39 is 0 Å². The first-order valence-electron chi connectivity index (χ1n) is 5.84. The van der Waals surface area contributed by atoms with Gasteiger partial charge in [-0.3, -0.25) is 0 Å². The van der Waals surface area contributed by atoms with Gasteiger partial charge in [0.05, 0.1) is 11.1 Å². The predicted molar refractivity (Wildman–Crippen MR) is 67.1 cm³/mol. The molecule has 1 aromatic rings. The van der Waals surface area contributed by atoms with E-state index in [2.05, 4.69) is 11.4 Å². The minimum atomic E-state index is 0.152. The Labute approximate surface area is 102 Å². The molecule has 0 aliphatic heterocycles. The lowest BCUT2D eigenvalue weighted by Crippen LogP contribution is -2.17. The van der Waals surface area contributed by atoms with Crippen LogP contribution in [0, 0.1) is 0 Å². The highest BCUT2D eigenvalue weighted by atomic mass is 35.5. The Bertz CT molecular complexity index is 361. The fraction of sp³-hybridized carbons (Fsp3) is 0.538. The molecule has 16 heavy (non-hydrogen) atoms. The van der Waals surface area contributed by atoms with Crippen LogP contribution in [0.2, 0.25) is 5.02 Å². The van der Waals surface area contributed by atoms with Crippen molar-refractivity contribution in [3.63, 3.8) is 0 Å². The molecule has 1 saturated carbocycles. The van der Waals surface area contributed by atoms with Crippen molar-refractivity contribution in [2.75, 3.05) is 0 Å². The highest BCUT2D eigenvalue weighted by molar-refractivity contribution is 6.32. The summed E-state index contributed by atoms with van der Waals surface area (Å²) >= 11 is 6.15. The molecule has 3 heteroatoms. The van der Waals surface area contributed by atoms with Crippen molar-refractivity contribution in [1.29, 1.82) is 0 Å². The smallest absolute Gasteiger partial charge is 0.142 e. The molecule has 0 bridgehead atoms. The van der Waals surface area contributed by atoms with Crippen LogP contribution in [-0.4, -0.2) is 12.1 Å². The van der Waals surface area contributed by atoms with Gasteiger partial charge in [-0.25, -0.2) is 0 Å². The Morgan fingerprint density at radius 1 is 1.44 bits per heavy atom. The van der Waals surface area contributed by atoms with Crippen LogP contribution in [0.3, 0.4) is 0 Å². The van der Waals surface area contributed by atoms with Crippen LogP contribution in [0.5, 0.6) is 5.75 Å². The minimum absolute atomic E-state index is 0.152. The maximum atomic E-state index is 6.15. The molecule has 0 aromatic heterocycles. The van der Waals surface area contributed by atoms with Crippen molar-refractivity contribution in [2.45, 2.75) is 45.4 Å². The van der Waals surface area contributed by atoms with E-state index in [1.165, 1.54) is 12.8 Å². The first-order valence-corrected chi connectivity index (χ1v) is 6.22. The van der Waals surface area contributed by atoms with Gasteiger partial charge in [0.1, 0.15) is 5.75 Å². The second-order valence-electron chi connectivity index (χ2n) is 4.55. The van der Waals surface area contributed by atoms with Crippen molar-refractivity contribution < 1.29 is 4.74 Å². The molecule has 1 N–H and O–H groups in total. The molecule has 0 atom stereocenters. The number of halogens is 1. The summed E-state index contributed by atoms with van der Waals surface area (Å²) in [6, 6.07) is 6.61. The van der Waals surface area contributed by atoms with Gasteiger partial charge in [0.15, 0.2) is 0 Å². The summed E-state index contributed by atoms with van der Waals surface area (Å²) in [6.45, 7) is 4.87. The molecule has 0 radical (unpaired) electrons. The highest BCUT2D eigenvalue weighted by Gasteiger charge is 2.21. The molecule has 0 amide bonds. The number of ether oxygens (including phenoxy) is 1. The fourth-order valence-corrected chi connectivity index (χ4v) is 1.84. The SMILES string of the molecule is CC(C)Oc1c(Cl)cccc1CNC1CC1. The molecule has 1 aliphatic carbocycles. The van der Waals surface area contributed by atoms with Crippen molar-refractivity contribution in [2.24, 2.45) is 0 Å². The van der Waals surface area contributed by atoms with Gasteiger partial charge in [-0.15, -0.1) is 0 Å². The van der Waals surface area contributed by atoms with Gasteiger partial charge in [-0.1, -0.05) is 23.7 Å². The van der Waals surface area contributed by atoms with Crippen LogP contribution in [0.1, 0.15) is 32.3 Å². The van der Waals surface area contributed by atoms with E-state index in [9.17, 15) is 0 Å². The quantitative estimate of drug-likeness (QED) is 0.851. The van der Waals surface area contributed by atoms with Crippen LogP contribution in [0.15, 0.2) is 18.2 Å². The van der Waals surface area contributed by atoms with Crippen molar-refractivity contribution in [3.8, 4) is 5.75 Å². The molecule has 0 spiro atoms. The summed E-state index contributed by atoms with van der Waals surface area (Å²) < 4.78 is 5.76. The normalized spacial score (nSPS) is 15.5. The second-order valence-corrected chi connectivity index (χ2v) is 4.96. The summed E-state index contributed by atoms with van der Waals surface area (Å²) in [5.41, 5.74) is 1.15. The van der Waals surface area contributed by atoms with E-state index in [4.69, 9.17) is 16.3 Å². The maximum Gasteiger partial charge on any atom is 0.142 e. The zero-order valence-corrected chi connectivity index (χ0v) is 10.6. The van der Waals surface area contributed by atoms with Gasteiger partial charge in [-0.05, 0) is 32.8 Å². The molecule has 88 valence electrons. The average molecular weight is 240 g/mol. The third-order valence-electron chi connectivity index (χ3n) is 2.56. The van der Waals surface area contributed by atoms with E-state index in [1.54, 1.807) is 0 Å². The zero-order chi connectivity index (χ0) is 11.5. The number of para-hydroxylation sites is 1. The third kappa shape index (κ3) is 3.13. The van der Waals surface area contributed by atoms with E-state index in [-0.39, 0.29) is 6.10 Å². The van der Waals surface area contributed by atoms with Crippen LogP contribution in [0.25, 0.3) is 0 Å². The molecule has 2 nitrogen and oxygen atoms in total. The topological polar surface area (TPSA) is 21.3 Å². The van der Waals surface area contributed by atoms with Gasteiger partial charge in [0, 0.05) is 18.2 Å². The number of hydrogen-bond acceptors (Lipinski definition) is 2. The standard InChI is InChI=1S/C13H18ClNO/c1-9(2)16-13-10(4-3-5-12(13)14)8-15-11-6-7-11/h3-5,9,11,15H,6-8H2,1-2H3. The Balaban J connectivity index is 2.10.